The maximum atomic E-state index is 5.70. The van der Waals surface area contributed by atoms with Crippen LogP contribution in [0.15, 0.2) is 24.3 Å². The second-order valence-corrected chi connectivity index (χ2v) is 2.79. The van der Waals surface area contributed by atoms with Gasteiger partial charge in [0.1, 0.15) is 5.75 Å². The third-order valence-corrected chi connectivity index (χ3v) is 1.72. The summed E-state index contributed by atoms with van der Waals surface area (Å²) in [6, 6.07) is 7.98. The Kier molecular flexibility index (Phi) is 3.11. The first-order valence-electron chi connectivity index (χ1n) is 4.22. The normalized spacial score (nSPS) is 12.6. The summed E-state index contributed by atoms with van der Waals surface area (Å²) in [4.78, 5) is 0. The molecule has 2 nitrogen and oxygen atoms in total. The molecule has 0 spiro atoms. The van der Waals surface area contributed by atoms with E-state index in [0.717, 1.165) is 11.3 Å². The predicted octanol–water partition coefficient (Wildman–Crippen LogP) is 2.10. The van der Waals surface area contributed by atoms with Crippen LogP contribution in [0.4, 0.5) is 0 Å². The summed E-state index contributed by atoms with van der Waals surface area (Å²) in [5, 5.41) is 0. The van der Waals surface area contributed by atoms with Crippen molar-refractivity contribution < 1.29 is 4.74 Å². The molecular weight excluding hydrogens is 150 g/mol. The third kappa shape index (κ3) is 2.24. The van der Waals surface area contributed by atoms with E-state index in [9.17, 15) is 0 Å². The van der Waals surface area contributed by atoms with Crippen molar-refractivity contribution in [2.75, 3.05) is 6.61 Å². The van der Waals surface area contributed by atoms with Crippen molar-refractivity contribution in [3.05, 3.63) is 29.8 Å². The molecule has 0 saturated heterocycles. The first kappa shape index (κ1) is 9.07. The molecule has 12 heavy (non-hydrogen) atoms. The quantitative estimate of drug-likeness (QED) is 0.744. The van der Waals surface area contributed by atoms with Crippen LogP contribution in [0.5, 0.6) is 5.75 Å². The van der Waals surface area contributed by atoms with E-state index in [-0.39, 0.29) is 6.04 Å². The minimum Gasteiger partial charge on any atom is -0.494 e. The maximum absolute atomic E-state index is 5.70. The van der Waals surface area contributed by atoms with Gasteiger partial charge in [-0.15, -0.1) is 0 Å². The topological polar surface area (TPSA) is 35.2 Å². The SMILES string of the molecule is CCOc1ccc([C@H](C)N)cc1. The van der Waals surface area contributed by atoms with Crippen molar-refractivity contribution in [3.63, 3.8) is 0 Å². The molecule has 0 bridgehead atoms. The average molecular weight is 165 g/mol. The Bertz CT molecular complexity index is 228. The van der Waals surface area contributed by atoms with Gasteiger partial charge < -0.3 is 10.5 Å². The number of hydrogen-bond acceptors (Lipinski definition) is 2. The molecule has 1 aromatic rings. The lowest BCUT2D eigenvalue weighted by Gasteiger charge is -2.06. The van der Waals surface area contributed by atoms with Crippen LogP contribution in [0.1, 0.15) is 25.5 Å². The Morgan fingerprint density at radius 3 is 2.33 bits per heavy atom. The summed E-state index contributed by atoms with van der Waals surface area (Å²) >= 11 is 0. The van der Waals surface area contributed by atoms with Gasteiger partial charge in [-0.3, -0.25) is 0 Å². The predicted molar refractivity (Wildman–Crippen MR) is 50.2 cm³/mol. The van der Waals surface area contributed by atoms with Crippen LogP contribution in [0.25, 0.3) is 0 Å². The zero-order chi connectivity index (χ0) is 8.97. The highest BCUT2D eigenvalue weighted by Gasteiger charge is 1.98. The lowest BCUT2D eigenvalue weighted by atomic mass is 10.1. The number of benzene rings is 1. The number of rotatable bonds is 3. The standard InChI is InChI=1S/C10H15NO/c1-3-12-10-6-4-9(5-7-10)8(2)11/h4-8H,3,11H2,1-2H3/t8-/m0/s1. The van der Waals surface area contributed by atoms with E-state index in [1.54, 1.807) is 0 Å². The van der Waals surface area contributed by atoms with E-state index in [1.165, 1.54) is 0 Å². The molecule has 1 aromatic carbocycles. The molecule has 0 saturated carbocycles. The fourth-order valence-corrected chi connectivity index (χ4v) is 1.03. The average Bonchev–Trinajstić information content (AvgIpc) is 2.06. The van der Waals surface area contributed by atoms with E-state index in [0.29, 0.717) is 6.61 Å². The largest absolute Gasteiger partial charge is 0.494 e. The molecule has 0 aliphatic rings. The minimum absolute atomic E-state index is 0.0978. The van der Waals surface area contributed by atoms with Gasteiger partial charge in [-0.1, -0.05) is 12.1 Å². The van der Waals surface area contributed by atoms with Crippen molar-refractivity contribution in [2.24, 2.45) is 5.73 Å². The smallest absolute Gasteiger partial charge is 0.119 e. The number of ether oxygens (including phenoxy) is 1. The molecule has 0 aromatic heterocycles. The zero-order valence-electron chi connectivity index (χ0n) is 7.58. The number of hydrogen-bond donors (Lipinski definition) is 1. The van der Waals surface area contributed by atoms with Crippen molar-refractivity contribution >= 4 is 0 Å². The monoisotopic (exact) mass is 165 g/mol. The maximum Gasteiger partial charge on any atom is 0.119 e. The summed E-state index contributed by atoms with van der Waals surface area (Å²) in [6.45, 7) is 4.65. The Labute approximate surface area is 73.3 Å². The molecule has 1 atom stereocenters. The van der Waals surface area contributed by atoms with Crippen molar-refractivity contribution in [2.45, 2.75) is 19.9 Å². The van der Waals surface area contributed by atoms with Crippen LogP contribution < -0.4 is 10.5 Å². The van der Waals surface area contributed by atoms with Crippen LogP contribution in [-0.4, -0.2) is 6.61 Å². The van der Waals surface area contributed by atoms with E-state index in [1.807, 2.05) is 38.1 Å². The van der Waals surface area contributed by atoms with Crippen molar-refractivity contribution in [1.82, 2.24) is 0 Å². The Morgan fingerprint density at radius 1 is 1.33 bits per heavy atom. The van der Waals surface area contributed by atoms with Gasteiger partial charge >= 0.3 is 0 Å². The zero-order valence-corrected chi connectivity index (χ0v) is 7.58. The summed E-state index contributed by atoms with van der Waals surface area (Å²) in [5.74, 6) is 0.905. The third-order valence-electron chi connectivity index (χ3n) is 1.72. The fraction of sp³-hybridized carbons (Fsp3) is 0.400. The molecule has 66 valence electrons. The van der Waals surface area contributed by atoms with Gasteiger partial charge in [-0.05, 0) is 31.5 Å². The molecule has 0 aliphatic heterocycles. The second-order valence-electron chi connectivity index (χ2n) is 2.79. The molecule has 2 N–H and O–H groups in total. The molecule has 0 unspecified atom stereocenters. The van der Waals surface area contributed by atoms with Crippen molar-refractivity contribution in [3.8, 4) is 5.75 Å². The first-order chi connectivity index (χ1) is 5.74. The van der Waals surface area contributed by atoms with Gasteiger partial charge in [0.15, 0.2) is 0 Å². The minimum atomic E-state index is 0.0978. The van der Waals surface area contributed by atoms with Crippen LogP contribution in [0.3, 0.4) is 0 Å². The molecule has 0 radical (unpaired) electrons. The molecule has 0 fully saturated rings. The lowest BCUT2D eigenvalue weighted by Crippen LogP contribution is -2.04. The first-order valence-corrected chi connectivity index (χ1v) is 4.22. The molecule has 0 aliphatic carbocycles. The van der Waals surface area contributed by atoms with Gasteiger partial charge in [0.25, 0.3) is 0 Å². The van der Waals surface area contributed by atoms with E-state index < -0.39 is 0 Å². The van der Waals surface area contributed by atoms with E-state index >= 15 is 0 Å². The Morgan fingerprint density at radius 2 is 1.92 bits per heavy atom. The number of nitrogens with two attached hydrogens (primary N) is 1. The van der Waals surface area contributed by atoms with Crippen LogP contribution in [0, 0.1) is 0 Å². The molecule has 1 rings (SSSR count). The highest BCUT2D eigenvalue weighted by atomic mass is 16.5. The van der Waals surface area contributed by atoms with E-state index in [4.69, 9.17) is 10.5 Å². The highest BCUT2D eigenvalue weighted by molar-refractivity contribution is 5.28. The second kappa shape index (κ2) is 4.12. The van der Waals surface area contributed by atoms with Gasteiger partial charge in [0, 0.05) is 6.04 Å². The summed E-state index contributed by atoms with van der Waals surface area (Å²) in [6.07, 6.45) is 0. The highest BCUT2D eigenvalue weighted by Crippen LogP contribution is 2.15. The van der Waals surface area contributed by atoms with Gasteiger partial charge in [-0.2, -0.15) is 0 Å². The van der Waals surface area contributed by atoms with Crippen LogP contribution in [-0.2, 0) is 0 Å². The molecule has 0 heterocycles. The Hall–Kier alpha value is -1.02. The summed E-state index contributed by atoms with van der Waals surface area (Å²) in [7, 11) is 0. The molecular formula is C10H15NO. The van der Waals surface area contributed by atoms with Crippen LogP contribution >= 0.6 is 0 Å². The van der Waals surface area contributed by atoms with Crippen LogP contribution in [0.2, 0.25) is 0 Å². The molecule has 2 heteroatoms. The Balaban J connectivity index is 2.71. The van der Waals surface area contributed by atoms with Gasteiger partial charge in [-0.25, -0.2) is 0 Å². The van der Waals surface area contributed by atoms with Gasteiger partial charge in [0.05, 0.1) is 6.61 Å². The lowest BCUT2D eigenvalue weighted by molar-refractivity contribution is 0.340. The van der Waals surface area contributed by atoms with E-state index in [2.05, 4.69) is 0 Å². The summed E-state index contributed by atoms with van der Waals surface area (Å²) < 4.78 is 5.30. The summed E-state index contributed by atoms with van der Waals surface area (Å²) in [5.41, 5.74) is 6.83. The van der Waals surface area contributed by atoms with Crippen molar-refractivity contribution in [1.29, 1.82) is 0 Å². The fourth-order valence-electron chi connectivity index (χ4n) is 1.03. The van der Waals surface area contributed by atoms with Gasteiger partial charge in [0.2, 0.25) is 0 Å². The molecule has 0 amide bonds.